The second kappa shape index (κ2) is 8.58. The van der Waals surface area contributed by atoms with Gasteiger partial charge in [0.05, 0.1) is 0 Å². The van der Waals surface area contributed by atoms with Crippen LogP contribution in [0.25, 0.3) is 0 Å². The smallest absolute Gasteiger partial charge is 0.00323 e. The van der Waals surface area contributed by atoms with Crippen molar-refractivity contribution in [1.29, 1.82) is 0 Å². The van der Waals surface area contributed by atoms with Crippen LogP contribution in [0.2, 0.25) is 0 Å². The second-order valence-corrected chi connectivity index (χ2v) is 4.26. The lowest BCUT2D eigenvalue weighted by Crippen LogP contribution is -1.83. The average Bonchev–Trinajstić information content (AvgIpc) is 2.27. The van der Waals surface area contributed by atoms with Crippen LogP contribution in [0.5, 0.6) is 0 Å². The highest BCUT2D eigenvalue weighted by molar-refractivity contribution is 5.34. The van der Waals surface area contributed by atoms with E-state index in [4.69, 9.17) is 0 Å². The van der Waals surface area contributed by atoms with Crippen molar-refractivity contribution in [3.8, 4) is 0 Å². The maximum absolute atomic E-state index is 3.87. The van der Waals surface area contributed by atoms with Gasteiger partial charge in [-0.3, -0.25) is 0 Å². The van der Waals surface area contributed by atoms with Gasteiger partial charge in [-0.1, -0.05) is 60.8 Å². The largest absolute Gasteiger partial charge is 0.0961 e. The number of rotatable bonds is 6. The fraction of sp³-hybridized carbons (Fsp3) is 0.294. The second-order valence-electron chi connectivity index (χ2n) is 4.26. The van der Waals surface area contributed by atoms with Crippen molar-refractivity contribution < 1.29 is 0 Å². The fourth-order valence-corrected chi connectivity index (χ4v) is 1.25. The maximum atomic E-state index is 3.87. The van der Waals surface area contributed by atoms with Gasteiger partial charge in [0.15, 0.2) is 0 Å². The molecule has 0 atom stereocenters. The normalized spacial score (nSPS) is 13.6. The van der Waals surface area contributed by atoms with Crippen LogP contribution in [-0.4, -0.2) is 0 Å². The van der Waals surface area contributed by atoms with Crippen molar-refractivity contribution in [2.24, 2.45) is 0 Å². The Labute approximate surface area is 106 Å². The minimum atomic E-state index is 0.945. The zero-order valence-corrected chi connectivity index (χ0v) is 11.6. The van der Waals surface area contributed by atoms with E-state index >= 15 is 0 Å². The first-order chi connectivity index (χ1) is 7.99. The van der Waals surface area contributed by atoms with Crippen LogP contribution in [0.1, 0.15) is 34.1 Å². The molecule has 0 spiro atoms. The summed E-state index contributed by atoms with van der Waals surface area (Å²) in [4.78, 5) is 0. The standard InChI is InChI=1S/C17H24/c1-7-16(11-9-14(3)4)13-17(8-2)12-10-15(5)6/h7-12H,3,5,13H2,1-2,4,6H3/b11-9-,12-10-,16-7+,17-8+. The van der Waals surface area contributed by atoms with Crippen molar-refractivity contribution in [2.45, 2.75) is 34.1 Å². The summed E-state index contributed by atoms with van der Waals surface area (Å²) in [6, 6.07) is 0. The van der Waals surface area contributed by atoms with Crippen LogP contribution in [0.4, 0.5) is 0 Å². The van der Waals surface area contributed by atoms with Crippen molar-refractivity contribution in [3.05, 3.63) is 71.9 Å². The third-order valence-corrected chi connectivity index (χ3v) is 2.31. The monoisotopic (exact) mass is 228 g/mol. The molecule has 0 aliphatic carbocycles. The molecule has 0 aliphatic heterocycles. The van der Waals surface area contributed by atoms with E-state index in [-0.39, 0.29) is 0 Å². The number of allylic oxidation sites excluding steroid dienone is 10. The Morgan fingerprint density at radius 3 is 1.35 bits per heavy atom. The molecule has 0 nitrogen and oxygen atoms in total. The third-order valence-electron chi connectivity index (χ3n) is 2.31. The highest BCUT2D eigenvalue weighted by atomic mass is 14.0. The maximum Gasteiger partial charge on any atom is -0.00323 e. The van der Waals surface area contributed by atoms with Gasteiger partial charge in [-0.05, 0) is 45.3 Å². The van der Waals surface area contributed by atoms with Gasteiger partial charge in [0.25, 0.3) is 0 Å². The Morgan fingerprint density at radius 2 is 1.12 bits per heavy atom. The van der Waals surface area contributed by atoms with E-state index in [0.717, 1.165) is 17.6 Å². The first-order valence-electron chi connectivity index (χ1n) is 5.97. The summed E-state index contributed by atoms with van der Waals surface area (Å²) in [5, 5.41) is 0. The van der Waals surface area contributed by atoms with Crippen molar-refractivity contribution >= 4 is 0 Å². The Bertz CT molecular complexity index is 346. The molecule has 0 bridgehead atoms. The summed E-state index contributed by atoms with van der Waals surface area (Å²) in [5.74, 6) is 0. The van der Waals surface area contributed by atoms with E-state index in [1.807, 2.05) is 26.0 Å². The van der Waals surface area contributed by atoms with Gasteiger partial charge < -0.3 is 0 Å². The average molecular weight is 228 g/mol. The van der Waals surface area contributed by atoms with Crippen LogP contribution in [0, 0.1) is 0 Å². The SMILES string of the molecule is C=C(C)/C=C\C(=C/C)CC(/C=C\C(=C)C)=C/C. The summed E-state index contributed by atoms with van der Waals surface area (Å²) >= 11 is 0. The van der Waals surface area contributed by atoms with E-state index in [9.17, 15) is 0 Å². The van der Waals surface area contributed by atoms with Crippen LogP contribution in [0.15, 0.2) is 71.9 Å². The van der Waals surface area contributed by atoms with Crippen LogP contribution < -0.4 is 0 Å². The summed E-state index contributed by atoms with van der Waals surface area (Å²) < 4.78 is 0. The summed E-state index contributed by atoms with van der Waals surface area (Å²) in [6.45, 7) is 15.9. The molecular weight excluding hydrogens is 204 g/mol. The van der Waals surface area contributed by atoms with Gasteiger partial charge in [0, 0.05) is 0 Å². The highest BCUT2D eigenvalue weighted by Crippen LogP contribution is 2.15. The van der Waals surface area contributed by atoms with Crippen LogP contribution >= 0.6 is 0 Å². The number of hydrogen-bond donors (Lipinski definition) is 0. The molecule has 0 aliphatic rings. The first-order valence-corrected chi connectivity index (χ1v) is 5.97. The quantitative estimate of drug-likeness (QED) is 0.524. The molecule has 0 aromatic heterocycles. The van der Waals surface area contributed by atoms with E-state index in [1.165, 1.54) is 11.1 Å². The zero-order chi connectivity index (χ0) is 13.3. The first kappa shape index (κ1) is 15.4. The Balaban J connectivity index is 4.67. The minimum Gasteiger partial charge on any atom is -0.0961 e. The Morgan fingerprint density at radius 1 is 0.765 bits per heavy atom. The van der Waals surface area contributed by atoms with Crippen molar-refractivity contribution in [3.63, 3.8) is 0 Å². The molecular formula is C17H24. The minimum absolute atomic E-state index is 0.945. The zero-order valence-electron chi connectivity index (χ0n) is 11.6. The van der Waals surface area contributed by atoms with E-state index in [1.54, 1.807) is 0 Å². The lowest BCUT2D eigenvalue weighted by molar-refractivity contribution is 1.18. The lowest BCUT2D eigenvalue weighted by Gasteiger charge is -2.03. The number of hydrogen-bond acceptors (Lipinski definition) is 0. The molecule has 0 unspecified atom stereocenters. The van der Waals surface area contributed by atoms with Gasteiger partial charge >= 0.3 is 0 Å². The molecule has 0 radical (unpaired) electrons. The molecule has 0 saturated heterocycles. The molecule has 92 valence electrons. The summed E-state index contributed by atoms with van der Waals surface area (Å²) in [6.07, 6.45) is 13.6. The van der Waals surface area contributed by atoms with Crippen molar-refractivity contribution in [1.82, 2.24) is 0 Å². The fourth-order valence-electron chi connectivity index (χ4n) is 1.25. The van der Waals surface area contributed by atoms with Gasteiger partial charge in [-0.15, -0.1) is 0 Å². The lowest BCUT2D eigenvalue weighted by atomic mass is 10.0. The molecule has 0 N–H and O–H groups in total. The van der Waals surface area contributed by atoms with Gasteiger partial charge in [-0.2, -0.15) is 0 Å². The molecule has 0 heteroatoms. The molecule has 0 aromatic rings. The topological polar surface area (TPSA) is 0 Å². The van der Waals surface area contributed by atoms with Crippen LogP contribution in [-0.2, 0) is 0 Å². The molecule has 0 saturated carbocycles. The summed E-state index contributed by atoms with van der Waals surface area (Å²) in [7, 11) is 0. The third kappa shape index (κ3) is 8.27. The molecule has 0 rings (SSSR count). The van der Waals surface area contributed by atoms with E-state index in [2.05, 4.69) is 51.3 Å². The van der Waals surface area contributed by atoms with Gasteiger partial charge in [0.2, 0.25) is 0 Å². The molecule has 0 fully saturated rings. The Hall–Kier alpha value is -1.56. The molecule has 0 amide bonds. The molecule has 17 heavy (non-hydrogen) atoms. The van der Waals surface area contributed by atoms with Crippen LogP contribution in [0.3, 0.4) is 0 Å². The van der Waals surface area contributed by atoms with E-state index in [0.29, 0.717) is 0 Å². The van der Waals surface area contributed by atoms with Gasteiger partial charge in [-0.25, -0.2) is 0 Å². The van der Waals surface area contributed by atoms with Crippen molar-refractivity contribution in [2.75, 3.05) is 0 Å². The Kier molecular flexibility index (Phi) is 7.79. The highest BCUT2D eigenvalue weighted by Gasteiger charge is 1.95. The predicted octanol–water partition coefficient (Wildman–Crippen LogP) is 5.53. The molecule has 0 heterocycles. The summed E-state index contributed by atoms with van der Waals surface area (Å²) in [5.41, 5.74) is 4.74. The van der Waals surface area contributed by atoms with Gasteiger partial charge in [0.1, 0.15) is 0 Å². The van der Waals surface area contributed by atoms with E-state index < -0.39 is 0 Å². The predicted molar refractivity (Wildman–Crippen MR) is 80.0 cm³/mol. The molecule has 0 aromatic carbocycles.